The van der Waals surface area contributed by atoms with Crippen molar-refractivity contribution in [1.82, 2.24) is 10.3 Å². The fraction of sp³-hybridized carbons (Fsp3) is 0.786. The molecule has 5 heteroatoms. The van der Waals surface area contributed by atoms with Gasteiger partial charge < -0.3 is 10.2 Å². The molecule has 110 valence electrons. The molecule has 0 aliphatic rings. The SMILES string of the molecule is CCCNCc1sc(N(C)CCSC)nc1CCC. The molecular weight excluding hydrogens is 274 g/mol. The molecule has 0 unspecified atom stereocenters. The second-order valence-electron chi connectivity index (χ2n) is 4.71. The molecule has 3 nitrogen and oxygen atoms in total. The van der Waals surface area contributed by atoms with E-state index in [0.717, 1.165) is 31.8 Å². The number of aromatic nitrogens is 1. The summed E-state index contributed by atoms with van der Waals surface area (Å²) in [5, 5.41) is 4.67. The van der Waals surface area contributed by atoms with Crippen LogP contribution in [0.1, 0.15) is 37.3 Å². The maximum Gasteiger partial charge on any atom is 0.185 e. The van der Waals surface area contributed by atoms with Gasteiger partial charge in [0.2, 0.25) is 0 Å². The molecule has 0 fully saturated rings. The molecule has 1 heterocycles. The summed E-state index contributed by atoms with van der Waals surface area (Å²) in [4.78, 5) is 8.53. The van der Waals surface area contributed by atoms with Crippen molar-refractivity contribution < 1.29 is 0 Å². The van der Waals surface area contributed by atoms with Crippen LogP contribution in [0, 0.1) is 0 Å². The van der Waals surface area contributed by atoms with Crippen LogP contribution < -0.4 is 10.2 Å². The van der Waals surface area contributed by atoms with Crippen LogP contribution in [0.4, 0.5) is 5.13 Å². The lowest BCUT2D eigenvalue weighted by atomic mass is 10.2. The number of aryl methyl sites for hydroxylation is 1. The minimum Gasteiger partial charge on any atom is -0.350 e. The predicted molar refractivity (Wildman–Crippen MR) is 89.8 cm³/mol. The van der Waals surface area contributed by atoms with Gasteiger partial charge in [0, 0.05) is 30.8 Å². The quantitative estimate of drug-likeness (QED) is 0.671. The highest BCUT2D eigenvalue weighted by Gasteiger charge is 2.13. The summed E-state index contributed by atoms with van der Waals surface area (Å²) in [6, 6.07) is 0. The van der Waals surface area contributed by atoms with E-state index in [4.69, 9.17) is 4.98 Å². The van der Waals surface area contributed by atoms with E-state index < -0.39 is 0 Å². The normalized spacial score (nSPS) is 10.9. The van der Waals surface area contributed by atoms with E-state index in [1.165, 1.54) is 28.5 Å². The van der Waals surface area contributed by atoms with Crippen LogP contribution in [0.25, 0.3) is 0 Å². The lowest BCUT2D eigenvalue weighted by molar-refractivity contribution is 0.674. The molecule has 0 aromatic carbocycles. The van der Waals surface area contributed by atoms with Gasteiger partial charge in [-0.1, -0.05) is 20.3 Å². The Labute approximate surface area is 126 Å². The van der Waals surface area contributed by atoms with Crippen molar-refractivity contribution in [2.24, 2.45) is 0 Å². The first-order valence-corrected chi connectivity index (χ1v) is 9.33. The minimum absolute atomic E-state index is 0.969. The van der Waals surface area contributed by atoms with Crippen LogP contribution in [-0.4, -0.2) is 37.1 Å². The third kappa shape index (κ3) is 5.71. The summed E-state index contributed by atoms with van der Waals surface area (Å²) >= 11 is 3.74. The summed E-state index contributed by atoms with van der Waals surface area (Å²) in [5.74, 6) is 1.16. The van der Waals surface area contributed by atoms with Crippen molar-refractivity contribution >= 4 is 28.2 Å². The summed E-state index contributed by atoms with van der Waals surface area (Å²) in [6.45, 7) is 7.55. The highest BCUT2D eigenvalue weighted by Crippen LogP contribution is 2.26. The average molecular weight is 302 g/mol. The maximum absolute atomic E-state index is 4.83. The minimum atomic E-state index is 0.969. The Morgan fingerprint density at radius 3 is 2.74 bits per heavy atom. The maximum atomic E-state index is 4.83. The van der Waals surface area contributed by atoms with Gasteiger partial charge in [-0.05, 0) is 25.6 Å². The van der Waals surface area contributed by atoms with Crippen LogP contribution >= 0.6 is 23.1 Å². The second-order valence-corrected chi connectivity index (χ2v) is 6.76. The van der Waals surface area contributed by atoms with Gasteiger partial charge in [-0.3, -0.25) is 0 Å². The molecule has 0 bridgehead atoms. The zero-order chi connectivity index (χ0) is 14.1. The van der Waals surface area contributed by atoms with Crippen molar-refractivity contribution in [3.05, 3.63) is 10.6 Å². The molecule has 0 radical (unpaired) electrons. The summed E-state index contributed by atoms with van der Waals surface area (Å²) in [7, 11) is 2.15. The summed E-state index contributed by atoms with van der Waals surface area (Å²) < 4.78 is 0. The van der Waals surface area contributed by atoms with Crippen molar-refractivity contribution in [2.75, 3.05) is 37.0 Å². The van der Waals surface area contributed by atoms with Gasteiger partial charge in [0.15, 0.2) is 5.13 Å². The second kappa shape index (κ2) is 9.61. The monoisotopic (exact) mass is 301 g/mol. The smallest absolute Gasteiger partial charge is 0.185 e. The van der Waals surface area contributed by atoms with E-state index in [1.807, 2.05) is 23.1 Å². The molecule has 0 spiro atoms. The fourth-order valence-electron chi connectivity index (χ4n) is 1.81. The van der Waals surface area contributed by atoms with Gasteiger partial charge in [-0.15, -0.1) is 11.3 Å². The zero-order valence-corrected chi connectivity index (χ0v) is 14.3. The van der Waals surface area contributed by atoms with E-state index in [1.54, 1.807) is 0 Å². The highest BCUT2D eigenvalue weighted by atomic mass is 32.2. The number of rotatable bonds is 10. The van der Waals surface area contributed by atoms with Crippen molar-refractivity contribution in [2.45, 2.75) is 39.7 Å². The molecule has 0 amide bonds. The van der Waals surface area contributed by atoms with Crippen LogP contribution in [0.3, 0.4) is 0 Å². The largest absolute Gasteiger partial charge is 0.350 e. The molecule has 0 saturated carbocycles. The van der Waals surface area contributed by atoms with Crippen LogP contribution in [0.2, 0.25) is 0 Å². The van der Waals surface area contributed by atoms with Crippen molar-refractivity contribution in [1.29, 1.82) is 0 Å². The van der Waals surface area contributed by atoms with Gasteiger partial charge in [0.05, 0.1) is 5.69 Å². The van der Waals surface area contributed by atoms with Crippen LogP contribution in [0.15, 0.2) is 0 Å². The third-order valence-corrected chi connectivity index (χ3v) is 4.73. The fourth-order valence-corrected chi connectivity index (χ4v) is 3.33. The number of thioether (sulfide) groups is 1. The van der Waals surface area contributed by atoms with Crippen molar-refractivity contribution in [3.8, 4) is 0 Å². The number of hydrogen-bond donors (Lipinski definition) is 1. The Hall–Kier alpha value is -0.260. The standard InChI is InChI=1S/C14H27N3S2/c1-5-7-12-13(11-15-8-6-2)19-14(16-12)17(3)9-10-18-4/h15H,5-11H2,1-4H3. The van der Waals surface area contributed by atoms with Gasteiger partial charge in [0.1, 0.15) is 0 Å². The summed E-state index contributed by atoms with van der Waals surface area (Å²) in [5.41, 5.74) is 1.29. The molecule has 1 N–H and O–H groups in total. The predicted octanol–water partition coefficient (Wildman–Crippen LogP) is 3.39. The number of nitrogens with one attached hydrogen (secondary N) is 1. The Bertz CT molecular complexity index is 352. The van der Waals surface area contributed by atoms with E-state index in [-0.39, 0.29) is 0 Å². The topological polar surface area (TPSA) is 28.2 Å². The van der Waals surface area contributed by atoms with E-state index in [0.29, 0.717) is 0 Å². The highest BCUT2D eigenvalue weighted by molar-refractivity contribution is 7.98. The molecule has 0 atom stereocenters. The lowest BCUT2D eigenvalue weighted by Crippen LogP contribution is -2.19. The van der Waals surface area contributed by atoms with E-state index >= 15 is 0 Å². The molecule has 0 aliphatic heterocycles. The molecule has 1 aromatic heterocycles. The van der Waals surface area contributed by atoms with Gasteiger partial charge >= 0.3 is 0 Å². The average Bonchev–Trinajstić information content (AvgIpc) is 2.80. The van der Waals surface area contributed by atoms with E-state index in [9.17, 15) is 0 Å². The third-order valence-electron chi connectivity index (χ3n) is 2.92. The van der Waals surface area contributed by atoms with Crippen molar-refractivity contribution in [3.63, 3.8) is 0 Å². The Morgan fingerprint density at radius 1 is 1.32 bits per heavy atom. The first-order valence-electron chi connectivity index (χ1n) is 7.12. The summed E-state index contributed by atoms with van der Waals surface area (Å²) in [6.07, 6.45) is 5.59. The van der Waals surface area contributed by atoms with Gasteiger partial charge in [-0.25, -0.2) is 4.98 Å². The Kier molecular flexibility index (Phi) is 8.50. The molecule has 19 heavy (non-hydrogen) atoms. The molecule has 1 rings (SSSR count). The number of thiazole rings is 1. The lowest BCUT2D eigenvalue weighted by Gasteiger charge is -2.14. The zero-order valence-electron chi connectivity index (χ0n) is 12.7. The number of nitrogens with zero attached hydrogens (tertiary/aromatic N) is 2. The number of anilines is 1. The molecular formula is C14H27N3S2. The number of hydrogen-bond acceptors (Lipinski definition) is 5. The van der Waals surface area contributed by atoms with E-state index in [2.05, 4.69) is 37.4 Å². The Morgan fingerprint density at radius 2 is 2.11 bits per heavy atom. The van der Waals surface area contributed by atoms with Crippen LogP contribution in [0.5, 0.6) is 0 Å². The molecule has 0 saturated heterocycles. The molecule has 1 aromatic rings. The first-order chi connectivity index (χ1) is 9.22. The van der Waals surface area contributed by atoms with Gasteiger partial charge in [-0.2, -0.15) is 11.8 Å². The molecule has 0 aliphatic carbocycles. The Balaban J connectivity index is 2.69. The van der Waals surface area contributed by atoms with Crippen LogP contribution in [-0.2, 0) is 13.0 Å². The first kappa shape index (κ1) is 16.8. The van der Waals surface area contributed by atoms with Gasteiger partial charge in [0.25, 0.3) is 0 Å².